The number of rotatable bonds is 7. The van der Waals surface area contributed by atoms with Crippen LogP contribution in [0.1, 0.15) is 25.6 Å². The van der Waals surface area contributed by atoms with Crippen LogP contribution < -0.4 is 10.0 Å². The molecule has 2 N–H and O–H groups in total. The van der Waals surface area contributed by atoms with E-state index in [4.69, 9.17) is 0 Å². The van der Waals surface area contributed by atoms with E-state index in [0.717, 1.165) is 4.88 Å². The zero-order valence-electron chi connectivity index (χ0n) is 11.4. The van der Waals surface area contributed by atoms with Gasteiger partial charge in [-0.1, -0.05) is 20.8 Å². The molecule has 0 aliphatic carbocycles. The quantitative estimate of drug-likeness (QED) is 0.808. The lowest BCUT2D eigenvalue weighted by Gasteiger charge is -2.16. The van der Waals surface area contributed by atoms with E-state index in [9.17, 15) is 8.42 Å². The summed E-state index contributed by atoms with van der Waals surface area (Å²) in [5.74, 6) is 0.790. The van der Waals surface area contributed by atoms with E-state index < -0.39 is 10.0 Å². The molecule has 1 aromatic heterocycles. The van der Waals surface area contributed by atoms with Crippen molar-refractivity contribution in [1.82, 2.24) is 10.0 Å². The minimum absolute atomic E-state index is 0.325. The lowest BCUT2D eigenvalue weighted by Crippen LogP contribution is -2.30. The van der Waals surface area contributed by atoms with E-state index in [1.54, 1.807) is 6.07 Å². The molecule has 0 aliphatic heterocycles. The second-order valence-corrected chi connectivity index (χ2v) is 7.55. The van der Waals surface area contributed by atoms with Gasteiger partial charge in [-0.15, -0.1) is 11.3 Å². The van der Waals surface area contributed by atoms with Crippen LogP contribution in [0.5, 0.6) is 0 Å². The van der Waals surface area contributed by atoms with Crippen molar-refractivity contribution in [2.24, 2.45) is 11.8 Å². The Labute approximate surface area is 114 Å². The van der Waals surface area contributed by atoms with Crippen molar-refractivity contribution in [1.29, 1.82) is 0 Å². The van der Waals surface area contributed by atoms with Gasteiger partial charge in [-0.05, 0) is 30.3 Å². The van der Waals surface area contributed by atoms with Gasteiger partial charge < -0.3 is 5.32 Å². The molecule has 0 radical (unpaired) electrons. The van der Waals surface area contributed by atoms with Gasteiger partial charge >= 0.3 is 0 Å². The molecule has 0 saturated carbocycles. The van der Waals surface area contributed by atoms with Gasteiger partial charge in [0.1, 0.15) is 0 Å². The highest BCUT2D eigenvalue weighted by molar-refractivity contribution is 7.89. The van der Waals surface area contributed by atoms with E-state index in [-0.39, 0.29) is 0 Å². The molecule has 6 heteroatoms. The van der Waals surface area contributed by atoms with Crippen molar-refractivity contribution in [2.75, 3.05) is 13.6 Å². The van der Waals surface area contributed by atoms with Gasteiger partial charge in [-0.3, -0.25) is 0 Å². The highest BCUT2D eigenvalue weighted by Gasteiger charge is 2.20. The highest BCUT2D eigenvalue weighted by Crippen LogP contribution is 2.22. The maximum atomic E-state index is 12.2. The Bertz CT molecular complexity index is 466. The van der Waals surface area contributed by atoms with Crippen LogP contribution in [0.15, 0.2) is 16.3 Å². The summed E-state index contributed by atoms with van der Waals surface area (Å²) in [4.78, 5) is 1.25. The van der Waals surface area contributed by atoms with E-state index in [2.05, 4.69) is 30.8 Å². The van der Waals surface area contributed by atoms with Crippen LogP contribution in [0, 0.1) is 11.8 Å². The van der Waals surface area contributed by atoms with Crippen molar-refractivity contribution in [3.8, 4) is 0 Å². The summed E-state index contributed by atoms with van der Waals surface area (Å²) >= 11 is 1.46. The molecule has 1 rings (SSSR count). The molecule has 0 spiro atoms. The summed E-state index contributed by atoms with van der Waals surface area (Å²) in [7, 11) is -1.57. The van der Waals surface area contributed by atoms with Gasteiger partial charge in [0.05, 0.1) is 4.90 Å². The summed E-state index contributed by atoms with van der Waals surface area (Å²) in [6, 6.07) is 1.67. The summed E-state index contributed by atoms with van der Waals surface area (Å²) in [6.07, 6.45) is 0. The van der Waals surface area contributed by atoms with E-state index in [0.29, 0.717) is 29.8 Å². The first-order valence-electron chi connectivity index (χ1n) is 6.09. The first kappa shape index (κ1) is 15.6. The lowest BCUT2D eigenvalue weighted by molar-refractivity contribution is 0.414. The van der Waals surface area contributed by atoms with Gasteiger partial charge in [0.15, 0.2) is 0 Å². The predicted octanol–water partition coefficient (Wildman–Crippen LogP) is 2.04. The molecule has 0 fully saturated rings. The molecule has 1 aromatic rings. The smallest absolute Gasteiger partial charge is 0.241 e. The fraction of sp³-hybridized carbons (Fsp3) is 0.667. The third kappa shape index (κ3) is 4.05. The number of hydrogen-bond acceptors (Lipinski definition) is 4. The number of sulfonamides is 1. The van der Waals surface area contributed by atoms with Crippen LogP contribution in [-0.4, -0.2) is 22.0 Å². The molecule has 4 nitrogen and oxygen atoms in total. The van der Waals surface area contributed by atoms with E-state index >= 15 is 0 Å². The Morgan fingerprint density at radius 1 is 1.33 bits per heavy atom. The second-order valence-electron chi connectivity index (χ2n) is 4.81. The van der Waals surface area contributed by atoms with Crippen LogP contribution in [0.3, 0.4) is 0 Å². The van der Waals surface area contributed by atoms with Crippen LogP contribution in [-0.2, 0) is 16.6 Å². The molecule has 0 saturated heterocycles. The highest BCUT2D eigenvalue weighted by atomic mass is 32.2. The van der Waals surface area contributed by atoms with Gasteiger partial charge in [0, 0.05) is 18.0 Å². The van der Waals surface area contributed by atoms with Crippen molar-refractivity contribution < 1.29 is 8.42 Å². The molecule has 0 bridgehead atoms. The van der Waals surface area contributed by atoms with Gasteiger partial charge in [-0.25, -0.2) is 13.1 Å². The Morgan fingerprint density at radius 2 is 2.00 bits per heavy atom. The van der Waals surface area contributed by atoms with Crippen molar-refractivity contribution >= 4 is 21.4 Å². The Kier molecular flexibility index (Phi) is 5.78. The maximum absolute atomic E-state index is 12.2. The maximum Gasteiger partial charge on any atom is 0.241 e. The Hall–Kier alpha value is -0.430. The van der Waals surface area contributed by atoms with Crippen LogP contribution >= 0.6 is 11.3 Å². The van der Waals surface area contributed by atoms with Gasteiger partial charge in [-0.2, -0.15) is 0 Å². The summed E-state index contributed by atoms with van der Waals surface area (Å²) < 4.78 is 27.1. The molecule has 1 atom stereocenters. The monoisotopic (exact) mass is 290 g/mol. The third-order valence-corrected chi connectivity index (χ3v) is 5.62. The lowest BCUT2D eigenvalue weighted by atomic mass is 9.99. The third-order valence-electron chi connectivity index (χ3n) is 3.06. The zero-order valence-corrected chi connectivity index (χ0v) is 13.0. The minimum Gasteiger partial charge on any atom is -0.315 e. The fourth-order valence-corrected chi connectivity index (χ4v) is 4.01. The topological polar surface area (TPSA) is 58.2 Å². The zero-order chi connectivity index (χ0) is 13.8. The van der Waals surface area contributed by atoms with Gasteiger partial charge in [0.2, 0.25) is 10.0 Å². The average molecular weight is 290 g/mol. The Morgan fingerprint density at radius 3 is 2.56 bits per heavy atom. The fourth-order valence-electron chi connectivity index (χ4n) is 1.41. The molecule has 104 valence electrons. The van der Waals surface area contributed by atoms with Crippen LogP contribution in [0.2, 0.25) is 0 Å². The molecule has 0 aromatic carbocycles. The summed E-state index contributed by atoms with van der Waals surface area (Å²) in [6.45, 7) is 7.30. The molecule has 0 aliphatic rings. The SMILES string of the molecule is CNCc1sccc1S(=O)(=O)NCC(C)C(C)C. The average Bonchev–Trinajstić information content (AvgIpc) is 2.75. The van der Waals surface area contributed by atoms with Crippen molar-refractivity contribution in [3.63, 3.8) is 0 Å². The standard InChI is InChI=1S/C12H22N2O2S2/c1-9(2)10(3)7-14-18(15,16)12-5-6-17-11(12)8-13-4/h5-6,9-10,13-14H,7-8H2,1-4H3. The summed E-state index contributed by atoms with van der Waals surface area (Å²) in [5.41, 5.74) is 0. The second kappa shape index (κ2) is 6.65. The van der Waals surface area contributed by atoms with Crippen LogP contribution in [0.4, 0.5) is 0 Å². The van der Waals surface area contributed by atoms with E-state index in [1.165, 1.54) is 11.3 Å². The largest absolute Gasteiger partial charge is 0.315 e. The molecular formula is C12H22N2O2S2. The number of hydrogen-bond donors (Lipinski definition) is 2. The van der Waals surface area contributed by atoms with Gasteiger partial charge in [0.25, 0.3) is 0 Å². The number of nitrogens with one attached hydrogen (secondary N) is 2. The molecule has 0 amide bonds. The first-order chi connectivity index (χ1) is 8.38. The van der Waals surface area contributed by atoms with Crippen LogP contribution in [0.25, 0.3) is 0 Å². The molecule has 1 heterocycles. The normalized spacial score (nSPS) is 14.1. The Balaban J connectivity index is 2.77. The van der Waals surface area contributed by atoms with E-state index in [1.807, 2.05) is 12.4 Å². The van der Waals surface area contributed by atoms with Crippen molar-refractivity contribution in [2.45, 2.75) is 32.2 Å². The van der Waals surface area contributed by atoms with Crippen molar-refractivity contribution in [3.05, 3.63) is 16.3 Å². The first-order valence-corrected chi connectivity index (χ1v) is 8.45. The molecule has 1 unspecified atom stereocenters. The molecular weight excluding hydrogens is 268 g/mol. The summed E-state index contributed by atoms with van der Waals surface area (Å²) in [5, 5.41) is 4.80. The minimum atomic E-state index is -3.38. The predicted molar refractivity (Wildman–Crippen MR) is 76.3 cm³/mol. The number of thiophene rings is 1. The molecule has 18 heavy (non-hydrogen) atoms.